The van der Waals surface area contributed by atoms with Crippen molar-refractivity contribution in [2.24, 2.45) is 0 Å². The summed E-state index contributed by atoms with van der Waals surface area (Å²) in [5.41, 5.74) is 6.05. The second kappa shape index (κ2) is 9.50. The van der Waals surface area contributed by atoms with Gasteiger partial charge in [0.1, 0.15) is 5.82 Å². The number of nitrogen functional groups attached to an aromatic ring is 1. The quantitative estimate of drug-likeness (QED) is 0.811. The van der Waals surface area contributed by atoms with Crippen LogP contribution in [0.5, 0.6) is 0 Å². The van der Waals surface area contributed by atoms with E-state index in [4.69, 9.17) is 10.5 Å². The summed E-state index contributed by atoms with van der Waals surface area (Å²) in [5.74, 6) is 0.804. The van der Waals surface area contributed by atoms with Crippen LogP contribution in [0.1, 0.15) is 0 Å². The minimum atomic E-state index is -0.165. The van der Waals surface area contributed by atoms with E-state index in [-0.39, 0.29) is 30.0 Å². The van der Waals surface area contributed by atoms with Gasteiger partial charge in [0, 0.05) is 13.1 Å². The summed E-state index contributed by atoms with van der Waals surface area (Å²) in [7, 11) is 0. The highest BCUT2D eigenvalue weighted by atomic mass is 35.5. The minimum absolute atomic E-state index is 0. The number of carbonyl (C=O) groups is 2. The molecule has 1 aliphatic rings. The van der Waals surface area contributed by atoms with E-state index in [1.165, 1.54) is 18.0 Å². The molecule has 122 valence electrons. The van der Waals surface area contributed by atoms with Crippen LogP contribution < -0.4 is 11.1 Å². The number of aromatic nitrogens is 1. The fourth-order valence-corrected chi connectivity index (χ4v) is 2.53. The van der Waals surface area contributed by atoms with Crippen LogP contribution in [0.4, 0.5) is 11.5 Å². The Labute approximate surface area is 139 Å². The number of hydrogen-bond donors (Lipinski definition) is 2. The van der Waals surface area contributed by atoms with Gasteiger partial charge in [-0.3, -0.25) is 9.59 Å². The van der Waals surface area contributed by atoms with E-state index in [0.29, 0.717) is 43.6 Å². The zero-order valence-corrected chi connectivity index (χ0v) is 13.6. The van der Waals surface area contributed by atoms with Gasteiger partial charge in [-0.05, 0) is 12.1 Å². The molecule has 0 spiro atoms. The van der Waals surface area contributed by atoms with E-state index in [1.807, 2.05) is 0 Å². The van der Waals surface area contributed by atoms with Crippen molar-refractivity contribution in [1.82, 2.24) is 9.88 Å². The third kappa shape index (κ3) is 6.08. The topological polar surface area (TPSA) is 97.5 Å². The molecule has 0 unspecified atom stereocenters. The van der Waals surface area contributed by atoms with E-state index in [1.54, 1.807) is 17.0 Å². The Morgan fingerprint density at radius 1 is 1.32 bits per heavy atom. The van der Waals surface area contributed by atoms with Crippen LogP contribution in [-0.4, -0.2) is 59.5 Å². The Balaban J connectivity index is 0.00000242. The summed E-state index contributed by atoms with van der Waals surface area (Å²) in [4.78, 5) is 29.2. The Morgan fingerprint density at radius 3 is 2.68 bits per heavy atom. The molecular formula is C13H19ClN4O3S. The molecule has 1 aromatic rings. The molecule has 22 heavy (non-hydrogen) atoms. The van der Waals surface area contributed by atoms with Crippen molar-refractivity contribution in [2.45, 2.75) is 0 Å². The first-order valence-corrected chi connectivity index (χ1v) is 7.75. The lowest BCUT2D eigenvalue weighted by atomic mass is 10.4. The average Bonchev–Trinajstić information content (AvgIpc) is 2.50. The first kappa shape index (κ1) is 18.5. The summed E-state index contributed by atoms with van der Waals surface area (Å²) < 4.78 is 5.19. The normalized spacial score (nSPS) is 14.1. The Bertz CT molecular complexity index is 495. The van der Waals surface area contributed by atoms with Gasteiger partial charge in [-0.15, -0.1) is 24.2 Å². The number of amides is 2. The van der Waals surface area contributed by atoms with E-state index in [9.17, 15) is 9.59 Å². The third-order valence-corrected chi connectivity index (χ3v) is 3.81. The number of halogens is 1. The number of thioether (sulfide) groups is 1. The zero-order valence-electron chi connectivity index (χ0n) is 12.0. The summed E-state index contributed by atoms with van der Waals surface area (Å²) in [5, 5.41) is 2.70. The molecule has 1 aromatic heterocycles. The Hall–Kier alpha value is -1.51. The molecule has 1 aliphatic heterocycles. The summed E-state index contributed by atoms with van der Waals surface area (Å²) in [6.07, 6.45) is 1.50. The van der Waals surface area contributed by atoms with Gasteiger partial charge in [0.15, 0.2) is 0 Å². The van der Waals surface area contributed by atoms with Gasteiger partial charge in [0.2, 0.25) is 11.8 Å². The molecule has 3 N–H and O–H groups in total. The highest BCUT2D eigenvalue weighted by Gasteiger charge is 2.16. The molecule has 0 bridgehead atoms. The number of carbonyl (C=O) groups excluding carboxylic acids is 2. The second-order valence-corrected chi connectivity index (χ2v) is 5.49. The highest BCUT2D eigenvalue weighted by Crippen LogP contribution is 2.09. The molecular weight excluding hydrogens is 328 g/mol. The van der Waals surface area contributed by atoms with Gasteiger partial charge in [-0.2, -0.15) is 0 Å². The van der Waals surface area contributed by atoms with Crippen molar-refractivity contribution in [2.75, 3.05) is 48.9 Å². The van der Waals surface area contributed by atoms with Gasteiger partial charge >= 0.3 is 0 Å². The molecule has 0 aromatic carbocycles. The third-order valence-electron chi connectivity index (χ3n) is 2.89. The van der Waals surface area contributed by atoms with Gasteiger partial charge in [0.25, 0.3) is 0 Å². The predicted molar refractivity (Wildman–Crippen MR) is 89.3 cm³/mol. The maximum atomic E-state index is 11.9. The van der Waals surface area contributed by atoms with E-state index < -0.39 is 0 Å². The molecule has 2 rings (SSSR count). The molecule has 7 nitrogen and oxygen atoms in total. The molecule has 0 aliphatic carbocycles. The number of rotatable bonds is 5. The maximum absolute atomic E-state index is 11.9. The van der Waals surface area contributed by atoms with Crippen molar-refractivity contribution in [3.63, 3.8) is 0 Å². The minimum Gasteiger partial charge on any atom is -0.384 e. The first-order chi connectivity index (χ1) is 10.1. The van der Waals surface area contributed by atoms with Crippen LogP contribution in [0.25, 0.3) is 0 Å². The Morgan fingerprint density at radius 2 is 2.05 bits per heavy atom. The number of hydrogen-bond acceptors (Lipinski definition) is 6. The number of nitrogens with one attached hydrogen (secondary N) is 1. The second-order valence-electron chi connectivity index (χ2n) is 4.51. The van der Waals surface area contributed by atoms with Crippen molar-refractivity contribution < 1.29 is 14.3 Å². The van der Waals surface area contributed by atoms with Crippen LogP contribution in [-0.2, 0) is 14.3 Å². The Kier molecular flexibility index (Phi) is 8.00. The van der Waals surface area contributed by atoms with Crippen LogP contribution in [0.15, 0.2) is 18.3 Å². The lowest BCUT2D eigenvalue weighted by Crippen LogP contribution is -2.41. The van der Waals surface area contributed by atoms with Crippen molar-refractivity contribution in [3.05, 3.63) is 18.3 Å². The first-order valence-electron chi connectivity index (χ1n) is 6.60. The maximum Gasteiger partial charge on any atom is 0.234 e. The highest BCUT2D eigenvalue weighted by molar-refractivity contribution is 8.00. The van der Waals surface area contributed by atoms with Crippen molar-refractivity contribution in [1.29, 1.82) is 0 Å². The van der Waals surface area contributed by atoms with Gasteiger partial charge in [0.05, 0.1) is 36.6 Å². The summed E-state index contributed by atoms with van der Waals surface area (Å²) in [6.45, 7) is 2.42. The molecule has 2 amide bonds. The molecule has 1 saturated heterocycles. The van der Waals surface area contributed by atoms with Crippen molar-refractivity contribution >= 4 is 47.5 Å². The monoisotopic (exact) mass is 346 g/mol. The van der Waals surface area contributed by atoms with E-state index in [0.717, 1.165) is 0 Å². The number of pyridine rings is 1. The molecule has 0 atom stereocenters. The average molecular weight is 347 g/mol. The molecule has 0 saturated carbocycles. The van der Waals surface area contributed by atoms with Gasteiger partial charge in [-0.1, -0.05) is 0 Å². The number of nitrogens with two attached hydrogens (primary N) is 1. The smallest absolute Gasteiger partial charge is 0.234 e. The molecule has 2 heterocycles. The van der Waals surface area contributed by atoms with E-state index in [2.05, 4.69) is 10.3 Å². The van der Waals surface area contributed by atoms with Crippen molar-refractivity contribution in [3.8, 4) is 0 Å². The number of anilines is 2. The van der Waals surface area contributed by atoms with Crippen LogP contribution in [0.2, 0.25) is 0 Å². The molecule has 9 heteroatoms. The fourth-order valence-electron chi connectivity index (χ4n) is 1.81. The molecule has 1 fully saturated rings. The summed E-state index contributed by atoms with van der Waals surface area (Å²) >= 11 is 1.30. The lowest BCUT2D eigenvalue weighted by molar-refractivity contribution is -0.132. The van der Waals surface area contributed by atoms with E-state index >= 15 is 0 Å². The fraction of sp³-hybridized carbons (Fsp3) is 0.462. The van der Waals surface area contributed by atoms with Gasteiger partial charge in [-0.25, -0.2) is 4.98 Å². The zero-order chi connectivity index (χ0) is 15.1. The van der Waals surface area contributed by atoms with Gasteiger partial charge < -0.3 is 20.7 Å². The van der Waals surface area contributed by atoms with Crippen LogP contribution >= 0.6 is 24.2 Å². The van der Waals surface area contributed by atoms with Crippen LogP contribution in [0.3, 0.4) is 0 Å². The number of morpholine rings is 1. The lowest BCUT2D eigenvalue weighted by Gasteiger charge is -2.26. The SMILES string of the molecule is Cl.Nc1ccc(NC(=O)CSCC(=O)N2CCOCC2)cn1. The standard InChI is InChI=1S/C13H18N4O3S.ClH/c14-11-2-1-10(7-15-11)16-12(18)8-21-9-13(19)17-3-5-20-6-4-17;/h1-2,7H,3-6,8-9H2,(H2,14,15)(H,16,18);1H. The largest absolute Gasteiger partial charge is 0.384 e. The number of ether oxygens (including phenoxy) is 1. The predicted octanol–water partition coefficient (Wildman–Crippen LogP) is 0.616. The summed E-state index contributed by atoms with van der Waals surface area (Å²) in [6, 6.07) is 3.30. The molecule has 0 radical (unpaired) electrons. The van der Waals surface area contributed by atoms with Crippen LogP contribution in [0, 0.1) is 0 Å². The number of nitrogens with zero attached hydrogens (tertiary/aromatic N) is 2.